The van der Waals surface area contributed by atoms with Gasteiger partial charge in [-0.15, -0.1) is 0 Å². The second-order valence-electron chi connectivity index (χ2n) is 3.27. The van der Waals surface area contributed by atoms with Gasteiger partial charge in [-0.2, -0.15) is 0 Å². The van der Waals surface area contributed by atoms with E-state index < -0.39 is 5.79 Å². The summed E-state index contributed by atoms with van der Waals surface area (Å²) in [6.45, 7) is 2.84. The summed E-state index contributed by atoms with van der Waals surface area (Å²) in [6.07, 6.45) is 0. The Labute approximate surface area is 86.6 Å². The lowest BCUT2D eigenvalue weighted by Gasteiger charge is -2.23. The largest absolute Gasteiger partial charge is 0.344 e. The summed E-state index contributed by atoms with van der Waals surface area (Å²) in [7, 11) is 0. The van der Waals surface area contributed by atoms with Crippen molar-refractivity contribution in [2.45, 2.75) is 12.7 Å². The average Bonchev–Trinajstić information content (AvgIpc) is 2.52. The summed E-state index contributed by atoms with van der Waals surface area (Å²) in [5.41, 5.74) is 0.665. The standard InChI is InChI=1S/C10H10ClFO2/c1-10(13-4-5-14-10)8-3-2-7(12)6-9(8)11/h2-3,6H,4-5H2,1H3. The lowest BCUT2D eigenvalue weighted by Crippen LogP contribution is -2.22. The zero-order chi connectivity index (χ0) is 10.2. The molecule has 1 aliphatic heterocycles. The monoisotopic (exact) mass is 216 g/mol. The molecule has 0 spiro atoms. The summed E-state index contributed by atoms with van der Waals surface area (Å²) in [5, 5.41) is 0.328. The zero-order valence-corrected chi connectivity index (χ0v) is 8.47. The normalized spacial score (nSPS) is 19.9. The molecule has 0 atom stereocenters. The number of hydrogen-bond donors (Lipinski definition) is 0. The quantitative estimate of drug-likeness (QED) is 0.719. The highest BCUT2D eigenvalue weighted by Crippen LogP contribution is 2.35. The molecule has 0 unspecified atom stereocenters. The first kappa shape index (κ1) is 9.90. The maximum Gasteiger partial charge on any atom is 0.193 e. The van der Waals surface area contributed by atoms with Gasteiger partial charge in [0.15, 0.2) is 5.79 Å². The smallest absolute Gasteiger partial charge is 0.193 e. The molecule has 0 radical (unpaired) electrons. The van der Waals surface area contributed by atoms with E-state index in [0.29, 0.717) is 23.8 Å². The van der Waals surface area contributed by atoms with Crippen LogP contribution in [-0.2, 0) is 15.3 Å². The van der Waals surface area contributed by atoms with Crippen LogP contribution < -0.4 is 0 Å². The fourth-order valence-electron chi connectivity index (χ4n) is 1.53. The fraction of sp³-hybridized carbons (Fsp3) is 0.400. The van der Waals surface area contributed by atoms with E-state index in [1.54, 1.807) is 13.0 Å². The Hall–Kier alpha value is -0.640. The highest BCUT2D eigenvalue weighted by atomic mass is 35.5. The van der Waals surface area contributed by atoms with E-state index in [0.717, 1.165) is 0 Å². The first-order valence-electron chi connectivity index (χ1n) is 4.35. The molecule has 0 N–H and O–H groups in total. The van der Waals surface area contributed by atoms with Gasteiger partial charge in [0, 0.05) is 5.56 Å². The van der Waals surface area contributed by atoms with Gasteiger partial charge in [0.05, 0.1) is 18.2 Å². The molecule has 0 amide bonds. The van der Waals surface area contributed by atoms with Crippen molar-refractivity contribution in [3.05, 3.63) is 34.6 Å². The molecule has 1 aromatic rings. The van der Waals surface area contributed by atoms with Crippen LogP contribution in [-0.4, -0.2) is 13.2 Å². The third kappa shape index (κ3) is 1.63. The van der Waals surface area contributed by atoms with Gasteiger partial charge in [-0.05, 0) is 25.1 Å². The van der Waals surface area contributed by atoms with Crippen LogP contribution in [0.1, 0.15) is 12.5 Å². The Morgan fingerprint density at radius 2 is 2.00 bits per heavy atom. The number of rotatable bonds is 1. The molecule has 1 heterocycles. The summed E-state index contributed by atoms with van der Waals surface area (Å²) in [5.74, 6) is -1.19. The molecule has 0 aliphatic carbocycles. The molecule has 0 bridgehead atoms. The van der Waals surface area contributed by atoms with Crippen molar-refractivity contribution < 1.29 is 13.9 Å². The summed E-state index contributed by atoms with van der Waals surface area (Å²) in [6, 6.07) is 4.19. The van der Waals surface area contributed by atoms with Gasteiger partial charge >= 0.3 is 0 Å². The topological polar surface area (TPSA) is 18.5 Å². The Kier molecular flexibility index (Phi) is 2.47. The molecule has 14 heavy (non-hydrogen) atoms. The molecular formula is C10H10ClFO2. The molecule has 1 aliphatic rings. The number of halogens is 2. The average molecular weight is 217 g/mol. The van der Waals surface area contributed by atoms with Crippen molar-refractivity contribution in [2.75, 3.05) is 13.2 Å². The van der Waals surface area contributed by atoms with Crippen LogP contribution in [0.5, 0.6) is 0 Å². The van der Waals surface area contributed by atoms with Crippen molar-refractivity contribution in [2.24, 2.45) is 0 Å². The van der Waals surface area contributed by atoms with Crippen molar-refractivity contribution in [3.8, 4) is 0 Å². The predicted molar refractivity (Wildman–Crippen MR) is 50.7 cm³/mol. The van der Waals surface area contributed by atoms with Gasteiger partial charge in [0.1, 0.15) is 5.82 Å². The molecule has 0 saturated carbocycles. The minimum absolute atomic E-state index is 0.328. The molecule has 2 nitrogen and oxygen atoms in total. The lowest BCUT2D eigenvalue weighted by atomic mass is 10.1. The van der Waals surface area contributed by atoms with Crippen molar-refractivity contribution in [1.29, 1.82) is 0 Å². The summed E-state index contributed by atoms with van der Waals surface area (Å²) < 4.78 is 23.6. The summed E-state index contributed by atoms with van der Waals surface area (Å²) in [4.78, 5) is 0. The molecule has 0 aromatic heterocycles. The SMILES string of the molecule is CC1(c2ccc(F)cc2Cl)OCCO1. The molecule has 1 fully saturated rings. The number of ether oxygens (including phenoxy) is 2. The van der Waals surface area contributed by atoms with Crippen LogP contribution in [0.15, 0.2) is 18.2 Å². The molecule has 2 rings (SSSR count). The van der Waals surface area contributed by atoms with Gasteiger partial charge in [-0.25, -0.2) is 4.39 Å². The number of benzene rings is 1. The van der Waals surface area contributed by atoms with Crippen LogP contribution >= 0.6 is 11.6 Å². The van der Waals surface area contributed by atoms with Gasteiger partial charge in [-0.1, -0.05) is 11.6 Å². The van der Waals surface area contributed by atoms with E-state index in [1.165, 1.54) is 12.1 Å². The van der Waals surface area contributed by atoms with Crippen LogP contribution in [0, 0.1) is 5.82 Å². The van der Waals surface area contributed by atoms with E-state index in [4.69, 9.17) is 21.1 Å². The Bertz CT molecular complexity index is 348. The van der Waals surface area contributed by atoms with E-state index in [9.17, 15) is 4.39 Å². The van der Waals surface area contributed by atoms with Crippen molar-refractivity contribution in [1.82, 2.24) is 0 Å². The van der Waals surface area contributed by atoms with Crippen LogP contribution in [0.4, 0.5) is 4.39 Å². The molecular weight excluding hydrogens is 207 g/mol. The summed E-state index contributed by atoms with van der Waals surface area (Å²) >= 11 is 5.90. The zero-order valence-electron chi connectivity index (χ0n) is 7.72. The first-order valence-corrected chi connectivity index (χ1v) is 4.73. The second-order valence-corrected chi connectivity index (χ2v) is 3.67. The molecule has 1 aromatic carbocycles. The number of hydrogen-bond acceptors (Lipinski definition) is 2. The first-order chi connectivity index (χ1) is 6.62. The maximum atomic E-state index is 12.8. The van der Waals surface area contributed by atoms with Crippen molar-refractivity contribution in [3.63, 3.8) is 0 Å². The van der Waals surface area contributed by atoms with E-state index >= 15 is 0 Å². The predicted octanol–water partition coefficient (Wildman–Crippen LogP) is 2.70. The highest BCUT2D eigenvalue weighted by Gasteiger charge is 2.34. The van der Waals surface area contributed by atoms with E-state index in [2.05, 4.69) is 0 Å². The van der Waals surface area contributed by atoms with Gasteiger partial charge in [0.2, 0.25) is 0 Å². The van der Waals surface area contributed by atoms with Crippen LogP contribution in [0.3, 0.4) is 0 Å². The van der Waals surface area contributed by atoms with E-state index in [-0.39, 0.29) is 5.82 Å². The van der Waals surface area contributed by atoms with Crippen LogP contribution in [0.2, 0.25) is 5.02 Å². The second kappa shape index (κ2) is 3.50. The van der Waals surface area contributed by atoms with E-state index in [1.807, 2.05) is 0 Å². The fourth-order valence-corrected chi connectivity index (χ4v) is 1.87. The highest BCUT2D eigenvalue weighted by molar-refractivity contribution is 6.31. The van der Waals surface area contributed by atoms with Crippen LogP contribution in [0.25, 0.3) is 0 Å². The van der Waals surface area contributed by atoms with Gasteiger partial charge < -0.3 is 9.47 Å². The minimum Gasteiger partial charge on any atom is -0.344 e. The van der Waals surface area contributed by atoms with Gasteiger partial charge in [0.25, 0.3) is 0 Å². The third-order valence-electron chi connectivity index (χ3n) is 2.26. The maximum absolute atomic E-state index is 12.8. The Balaban J connectivity index is 2.40. The minimum atomic E-state index is -0.829. The molecule has 76 valence electrons. The molecule has 1 saturated heterocycles. The van der Waals surface area contributed by atoms with Gasteiger partial charge in [-0.3, -0.25) is 0 Å². The third-order valence-corrected chi connectivity index (χ3v) is 2.57. The lowest BCUT2D eigenvalue weighted by molar-refractivity contribution is -0.149. The Morgan fingerprint density at radius 3 is 2.57 bits per heavy atom. The Morgan fingerprint density at radius 1 is 1.36 bits per heavy atom. The molecule has 4 heteroatoms. The van der Waals surface area contributed by atoms with Crippen molar-refractivity contribution >= 4 is 11.6 Å².